The van der Waals surface area contributed by atoms with E-state index in [1.165, 1.54) is 18.4 Å². The van der Waals surface area contributed by atoms with E-state index >= 15 is 0 Å². The summed E-state index contributed by atoms with van der Waals surface area (Å²) >= 11 is 0. The van der Waals surface area contributed by atoms with Crippen LogP contribution in [0.1, 0.15) is 32.6 Å². The zero-order valence-electron chi connectivity index (χ0n) is 9.40. The van der Waals surface area contributed by atoms with Crippen molar-refractivity contribution in [1.29, 1.82) is 0 Å². The van der Waals surface area contributed by atoms with Crippen LogP contribution in [0.25, 0.3) is 0 Å². The molecule has 2 aliphatic heterocycles. The Bertz CT molecular complexity index is 431. The molecule has 2 atom stereocenters. The van der Waals surface area contributed by atoms with Gasteiger partial charge < -0.3 is 4.74 Å². The SMILES string of the molecule is CC1=CC2=NC3CCCCC3=CC2C(=O)O1. The van der Waals surface area contributed by atoms with Gasteiger partial charge in [-0.2, -0.15) is 0 Å². The number of fused-ring (bicyclic) bond motifs is 2. The van der Waals surface area contributed by atoms with Gasteiger partial charge in [0, 0.05) is 0 Å². The number of cyclic esters (lactones) is 1. The molecule has 0 amide bonds. The minimum atomic E-state index is -0.243. The Morgan fingerprint density at radius 2 is 2.31 bits per heavy atom. The number of hydrogen-bond acceptors (Lipinski definition) is 3. The van der Waals surface area contributed by atoms with E-state index in [1.807, 2.05) is 6.08 Å². The zero-order chi connectivity index (χ0) is 11.1. The van der Waals surface area contributed by atoms with E-state index in [1.54, 1.807) is 6.92 Å². The number of ether oxygens (including phenoxy) is 1. The van der Waals surface area contributed by atoms with Crippen LogP contribution in [0.4, 0.5) is 0 Å². The largest absolute Gasteiger partial charge is 0.431 e. The summed E-state index contributed by atoms with van der Waals surface area (Å²) in [6.45, 7) is 1.80. The molecule has 3 heteroatoms. The first kappa shape index (κ1) is 9.82. The van der Waals surface area contributed by atoms with Gasteiger partial charge in [0.1, 0.15) is 11.7 Å². The molecule has 1 aliphatic carbocycles. The first-order valence-corrected chi connectivity index (χ1v) is 5.92. The Hall–Kier alpha value is -1.38. The second-order valence-electron chi connectivity index (χ2n) is 4.71. The van der Waals surface area contributed by atoms with Crippen molar-refractivity contribution in [1.82, 2.24) is 0 Å². The van der Waals surface area contributed by atoms with Crippen LogP contribution in [0, 0.1) is 5.92 Å². The number of carbonyl (C=O) groups excluding carboxylic acids is 1. The average Bonchev–Trinajstić information content (AvgIpc) is 2.27. The van der Waals surface area contributed by atoms with E-state index < -0.39 is 0 Å². The molecule has 1 saturated carbocycles. The Labute approximate surface area is 94.9 Å². The monoisotopic (exact) mass is 217 g/mol. The van der Waals surface area contributed by atoms with Crippen LogP contribution in [0.15, 0.2) is 28.5 Å². The fraction of sp³-hybridized carbons (Fsp3) is 0.538. The highest BCUT2D eigenvalue weighted by Crippen LogP contribution is 2.33. The molecule has 3 aliphatic rings. The van der Waals surface area contributed by atoms with Crippen LogP contribution in [0.3, 0.4) is 0 Å². The van der Waals surface area contributed by atoms with E-state index in [0.29, 0.717) is 11.8 Å². The van der Waals surface area contributed by atoms with Crippen molar-refractivity contribution < 1.29 is 9.53 Å². The Morgan fingerprint density at radius 3 is 3.19 bits per heavy atom. The standard InChI is InChI=1S/C13H15NO2/c1-8-6-12-10(13(15)16-8)7-9-4-2-3-5-11(9)14-12/h6-7,10-11H,2-5H2,1H3. The van der Waals surface area contributed by atoms with Crippen LogP contribution in [0.2, 0.25) is 0 Å². The number of rotatable bonds is 0. The number of esters is 1. The first-order chi connectivity index (χ1) is 7.74. The van der Waals surface area contributed by atoms with Gasteiger partial charge in [0.05, 0.1) is 11.8 Å². The number of nitrogens with zero attached hydrogens (tertiary/aromatic N) is 1. The summed E-state index contributed by atoms with van der Waals surface area (Å²) in [5.41, 5.74) is 2.23. The van der Waals surface area contributed by atoms with Crippen LogP contribution < -0.4 is 0 Å². The van der Waals surface area contributed by atoms with Gasteiger partial charge in [-0.25, -0.2) is 0 Å². The molecule has 1 fully saturated rings. The summed E-state index contributed by atoms with van der Waals surface area (Å²) in [5.74, 6) is 0.246. The maximum absolute atomic E-state index is 11.7. The summed E-state index contributed by atoms with van der Waals surface area (Å²) in [4.78, 5) is 16.4. The topological polar surface area (TPSA) is 38.7 Å². The lowest BCUT2D eigenvalue weighted by atomic mass is 9.83. The van der Waals surface area contributed by atoms with Crippen molar-refractivity contribution in [2.45, 2.75) is 38.6 Å². The van der Waals surface area contributed by atoms with Gasteiger partial charge in [-0.15, -0.1) is 0 Å². The molecule has 3 nitrogen and oxygen atoms in total. The predicted octanol–water partition coefficient (Wildman–Crippen LogP) is 2.39. The van der Waals surface area contributed by atoms with Gasteiger partial charge in [0.2, 0.25) is 0 Å². The molecule has 2 unspecified atom stereocenters. The van der Waals surface area contributed by atoms with Crippen LogP contribution in [-0.2, 0) is 9.53 Å². The van der Waals surface area contributed by atoms with Gasteiger partial charge in [-0.1, -0.05) is 12.5 Å². The summed E-state index contributed by atoms with van der Waals surface area (Å²) in [6, 6.07) is 0.329. The summed E-state index contributed by atoms with van der Waals surface area (Å²) in [7, 11) is 0. The molecule has 84 valence electrons. The minimum absolute atomic E-state index is 0.171. The lowest BCUT2D eigenvalue weighted by Gasteiger charge is -2.30. The average molecular weight is 217 g/mol. The van der Waals surface area contributed by atoms with E-state index in [2.05, 4.69) is 6.08 Å². The van der Waals surface area contributed by atoms with Crippen molar-refractivity contribution in [3.63, 3.8) is 0 Å². The van der Waals surface area contributed by atoms with E-state index in [9.17, 15) is 4.79 Å². The van der Waals surface area contributed by atoms with Crippen LogP contribution in [0.5, 0.6) is 0 Å². The van der Waals surface area contributed by atoms with Crippen LogP contribution in [-0.4, -0.2) is 17.7 Å². The van der Waals surface area contributed by atoms with Crippen molar-refractivity contribution in [2.24, 2.45) is 10.9 Å². The molecule has 0 saturated heterocycles. The van der Waals surface area contributed by atoms with Gasteiger partial charge in [0.15, 0.2) is 0 Å². The molecule has 0 N–H and O–H groups in total. The van der Waals surface area contributed by atoms with Gasteiger partial charge in [-0.3, -0.25) is 9.79 Å². The van der Waals surface area contributed by atoms with Crippen molar-refractivity contribution in [3.05, 3.63) is 23.5 Å². The molecule has 0 spiro atoms. The molecule has 0 aromatic heterocycles. The van der Waals surface area contributed by atoms with E-state index in [4.69, 9.17) is 9.73 Å². The van der Waals surface area contributed by atoms with Crippen molar-refractivity contribution in [3.8, 4) is 0 Å². The smallest absolute Gasteiger partial charge is 0.323 e. The molecule has 3 rings (SSSR count). The first-order valence-electron chi connectivity index (χ1n) is 5.92. The van der Waals surface area contributed by atoms with Gasteiger partial charge in [-0.05, 0) is 37.8 Å². The third kappa shape index (κ3) is 1.51. The quantitative estimate of drug-likeness (QED) is 0.461. The zero-order valence-corrected chi connectivity index (χ0v) is 9.40. The maximum Gasteiger partial charge on any atom is 0.323 e. The third-order valence-corrected chi connectivity index (χ3v) is 3.49. The maximum atomic E-state index is 11.7. The molecule has 2 heterocycles. The lowest BCUT2D eigenvalue weighted by Crippen LogP contribution is -2.33. The Morgan fingerprint density at radius 1 is 1.44 bits per heavy atom. The number of dihydropyridines is 1. The number of allylic oxidation sites excluding steroid dienone is 2. The van der Waals surface area contributed by atoms with E-state index in [-0.39, 0.29) is 11.9 Å². The Kier molecular flexibility index (Phi) is 2.20. The second-order valence-corrected chi connectivity index (χ2v) is 4.71. The fourth-order valence-corrected chi connectivity index (χ4v) is 2.70. The number of aliphatic imine (C=N–C) groups is 1. The summed E-state index contributed by atoms with van der Waals surface area (Å²) in [5, 5.41) is 0. The van der Waals surface area contributed by atoms with Gasteiger partial charge >= 0.3 is 5.97 Å². The Balaban J connectivity index is 1.99. The highest BCUT2D eigenvalue weighted by atomic mass is 16.5. The van der Waals surface area contributed by atoms with Crippen LogP contribution >= 0.6 is 0 Å². The van der Waals surface area contributed by atoms with Crippen molar-refractivity contribution in [2.75, 3.05) is 0 Å². The molecule has 0 bridgehead atoms. The molecule has 0 radical (unpaired) electrons. The minimum Gasteiger partial charge on any atom is -0.431 e. The molecular formula is C13H15NO2. The van der Waals surface area contributed by atoms with Crippen molar-refractivity contribution >= 4 is 11.7 Å². The second kappa shape index (κ2) is 3.58. The fourth-order valence-electron chi connectivity index (χ4n) is 2.70. The lowest BCUT2D eigenvalue weighted by molar-refractivity contribution is -0.140. The number of carbonyl (C=O) groups is 1. The third-order valence-electron chi connectivity index (χ3n) is 3.49. The number of hydrogen-bond donors (Lipinski definition) is 0. The van der Waals surface area contributed by atoms with Gasteiger partial charge in [0.25, 0.3) is 0 Å². The summed E-state index contributed by atoms with van der Waals surface area (Å²) < 4.78 is 5.13. The molecule has 16 heavy (non-hydrogen) atoms. The molecular weight excluding hydrogens is 202 g/mol. The highest BCUT2D eigenvalue weighted by molar-refractivity contribution is 6.12. The molecule has 0 aromatic carbocycles. The predicted molar refractivity (Wildman–Crippen MR) is 61.1 cm³/mol. The normalized spacial score (nSPS) is 32.8. The molecule has 0 aromatic rings. The highest BCUT2D eigenvalue weighted by Gasteiger charge is 2.33. The summed E-state index contributed by atoms with van der Waals surface area (Å²) in [6.07, 6.45) is 8.67. The van der Waals surface area contributed by atoms with E-state index in [0.717, 1.165) is 18.6 Å².